The summed E-state index contributed by atoms with van der Waals surface area (Å²) in [4.78, 5) is 12.5. The van der Waals surface area contributed by atoms with E-state index in [0.717, 1.165) is 19.3 Å². The standard InChI is InChI=1S/C22H29F2NO2/c1-12(2)19(26)25-20-21(3,4)14-10-15-18(27-8-7-22(15,20)11-14)13-5-6-16(23)17(24)9-13/h5-6,9,12,14-15,18,20H,7-8,10-11H2,1-4H3,(H,25,26)/t14-,15-,18-,20-,22?/m1/s1. The van der Waals surface area contributed by atoms with Gasteiger partial charge in [-0.05, 0) is 59.6 Å². The van der Waals surface area contributed by atoms with Crippen molar-refractivity contribution in [3.8, 4) is 0 Å². The third-order valence-corrected chi connectivity index (χ3v) is 7.59. The Bertz CT molecular complexity index is 763. The van der Waals surface area contributed by atoms with Crippen LogP contribution in [0.5, 0.6) is 0 Å². The van der Waals surface area contributed by atoms with Gasteiger partial charge in [0, 0.05) is 18.6 Å². The molecule has 1 unspecified atom stereocenters. The summed E-state index contributed by atoms with van der Waals surface area (Å²) in [6.45, 7) is 8.93. The lowest BCUT2D eigenvalue weighted by Gasteiger charge is -2.53. The Morgan fingerprint density at radius 3 is 2.67 bits per heavy atom. The van der Waals surface area contributed by atoms with Crippen molar-refractivity contribution in [3.63, 3.8) is 0 Å². The molecule has 2 bridgehead atoms. The minimum Gasteiger partial charge on any atom is -0.373 e. The first-order valence-electron chi connectivity index (χ1n) is 10.0. The van der Waals surface area contributed by atoms with Crippen LogP contribution in [-0.2, 0) is 9.53 Å². The van der Waals surface area contributed by atoms with E-state index in [-0.39, 0.29) is 40.7 Å². The van der Waals surface area contributed by atoms with Crippen LogP contribution in [0.25, 0.3) is 0 Å². The lowest BCUT2D eigenvalue weighted by atomic mass is 9.58. The van der Waals surface area contributed by atoms with Gasteiger partial charge in [0.2, 0.25) is 5.91 Å². The number of fused-ring (bicyclic) bond motifs is 1. The molecule has 3 nitrogen and oxygen atoms in total. The average molecular weight is 377 g/mol. The number of halogens is 2. The molecule has 1 aromatic rings. The molecule has 1 N–H and O–H groups in total. The van der Waals surface area contributed by atoms with Gasteiger partial charge >= 0.3 is 0 Å². The smallest absolute Gasteiger partial charge is 0.222 e. The Kier molecular flexibility index (Phi) is 4.37. The van der Waals surface area contributed by atoms with Crippen molar-refractivity contribution in [2.24, 2.45) is 28.6 Å². The minimum atomic E-state index is -0.833. The Balaban J connectivity index is 1.69. The third-order valence-electron chi connectivity index (χ3n) is 7.59. The van der Waals surface area contributed by atoms with E-state index in [1.54, 1.807) is 6.07 Å². The maximum Gasteiger partial charge on any atom is 0.222 e. The van der Waals surface area contributed by atoms with E-state index in [1.807, 2.05) is 13.8 Å². The molecule has 1 aliphatic heterocycles. The first-order chi connectivity index (χ1) is 12.7. The Morgan fingerprint density at radius 2 is 2.00 bits per heavy atom. The molecule has 5 atom stereocenters. The summed E-state index contributed by atoms with van der Waals surface area (Å²) in [5, 5.41) is 3.35. The van der Waals surface area contributed by atoms with Crippen LogP contribution in [0.3, 0.4) is 0 Å². The zero-order chi connectivity index (χ0) is 19.6. The number of nitrogens with one attached hydrogen (secondary N) is 1. The van der Waals surface area contributed by atoms with Crippen molar-refractivity contribution in [3.05, 3.63) is 35.4 Å². The van der Waals surface area contributed by atoms with Crippen LogP contribution in [0, 0.1) is 40.2 Å². The molecule has 27 heavy (non-hydrogen) atoms. The number of carbonyl (C=O) groups is 1. The molecule has 1 saturated heterocycles. The van der Waals surface area contributed by atoms with Crippen molar-refractivity contribution in [1.82, 2.24) is 5.32 Å². The summed E-state index contributed by atoms with van der Waals surface area (Å²) < 4.78 is 33.3. The largest absolute Gasteiger partial charge is 0.373 e. The van der Waals surface area contributed by atoms with Crippen molar-refractivity contribution < 1.29 is 18.3 Å². The molecule has 4 rings (SSSR count). The van der Waals surface area contributed by atoms with Crippen molar-refractivity contribution in [2.45, 2.75) is 59.1 Å². The van der Waals surface area contributed by atoms with E-state index in [2.05, 4.69) is 19.2 Å². The van der Waals surface area contributed by atoms with Crippen molar-refractivity contribution >= 4 is 5.91 Å². The molecule has 3 aliphatic rings. The molecule has 1 spiro atoms. The number of hydrogen-bond acceptors (Lipinski definition) is 2. The van der Waals surface area contributed by atoms with E-state index in [0.29, 0.717) is 18.1 Å². The second-order valence-corrected chi connectivity index (χ2v) is 9.61. The van der Waals surface area contributed by atoms with E-state index >= 15 is 0 Å². The van der Waals surface area contributed by atoms with Crippen LogP contribution < -0.4 is 5.32 Å². The number of ether oxygens (including phenoxy) is 1. The second-order valence-electron chi connectivity index (χ2n) is 9.61. The number of benzene rings is 1. The van der Waals surface area contributed by atoms with Crippen LogP contribution in [0.2, 0.25) is 0 Å². The monoisotopic (exact) mass is 377 g/mol. The topological polar surface area (TPSA) is 38.3 Å². The predicted octanol–water partition coefficient (Wildman–Crippen LogP) is 4.62. The van der Waals surface area contributed by atoms with Gasteiger partial charge in [0.1, 0.15) is 0 Å². The third kappa shape index (κ3) is 2.72. The highest BCUT2D eigenvalue weighted by Crippen LogP contribution is 2.70. The molecule has 5 heteroatoms. The van der Waals surface area contributed by atoms with E-state index in [9.17, 15) is 13.6 Å². The Morgan fingerprint density at radius 1 is 1.26 bits per heavy atom. The van der Waals surface area contributed by atoms with Gasteiger partial charge in [-0.25, -0.2) is 8.78 Å². The average Bonchev–Trinajstić information content (AvgIpc) is 3.10. The fourth-order valence-electron chi connectivity index (χ4n) is 6.12. The molecule has 1 heterocycles. The fourth-order valence-corrected chi connectivity index (χ4v) is 6.12. The number of hydrogen-bond donors (Lipinski definition) is 1. The zero-order valence-electron chi connectivity index (χ0n) is 16.5. The normalized spacial score (nSPS) is 36.7. The van der Waals surface area contributed by atoms with Crippen LogP contribution in [0.4, 0.5) is 8.78 Å². The van der Waals surface area contributed by atoms with Crippen molar-refractivity contribution in [2.75, 3.05) is 6.61 Å². The first-order valence-corrected chi connectivity index (χ1v) is 10.0. The summed E-state index contributed by atoms with van der Waals surface area (Å²) in [5.41, 5.74) is 0.695. The summed E-state index contributed by atoms with van der Waals surface area (Å²) in [7, 11) is 0. The quantitative estimate of drug-likeness (QED) is 0.835. The van der Waals surface area contributed by atoms with Gasteiger partial charge in [0.05, 0.1) is 6.10 Å². The molecular weight excluding hydrogens is 348 g/mol. The molecule has 0 aromatic heterocycles. The van der Waals surface area contributed by atoms with Crippen LogP contribution in [-0.4, -0.2) is 18.6 Å². The predicted molar refractivity (Wildman–Crippen MR) is 98.9 cm³/mol. The van der Waals surface area contributed by atoms with Gasteiger partial charge in [0.25, 0.3) is 0 Å². The van der Waals surface area contributed by atoms with E-state index in [1.165, 1.54) is 12.1 Å². The lowest BCUT2D eigenvalue weighted by molar-refractivity contribution is -0.139. The summed E-state index contributed by atoms with van der Waals surface area (Å²) in [6.07, 6.45) is 2.73. The zero-order valence-corrected chi connectivity index (χ0v) is 16.5. The van der Waals surface area contributed by atoms with Gasteiger partial charge in [-0.3, -0.25) is 4.79 Å². The maximum absolute atomic E-state index is 13.8. The molecule has 1 aromatic carbocycles. The number of amides is 1. The van der Waals surface area contributed by atoms with Gasteiger partial charge in [-0.15, -0.1) is 0 Å². The maximum atomic E-state index is 13.8. The van der Waals surface area contributed by atoms with Crippen LogP contribution in [0.15, 0.2) is 18.2 Å². The second kappa shape index (κ2) is 6.26. The Labute approximate surface area is 159 Å². The van der Waals surface area contributed by atoms with Crippen LogP contribution >= 0.6 is 0 Å². The molecule has 0 radical (unpaired) electrons. The van der Waals surface area contributed by atoms with Gasteiger partial charge in [0.15, 0.2) is 11.6 Å². The molecule has 1 amide bonds. The molecule has 3 fully saturated rings. The van der Waals surface area contributed by atoms with Crippen molar-refractivity contribution in [1.29, 1.82) is 0 Å². The summed E-state index contributed by atoms with van der Waals surface area (Å²) >= 11 is 0. The van der Waals surface area contributed by atoms with Gasteiger partial charge in [-0.2, -0.15) is 0 Å². The SMILES string of the molecule is CC(C)C(=O)N[C@@H]1C(C)(C)[C@@H]2C[C@@H]3[C@@H](c4ccc(F)c(F)c4)OCCC31C2. The van der Waals surface area contributed by atoms with Gasteiger partial charge < -0.3 is 10.1 Å². The summed E-state index contributed by atoms with van der Waals surface area (Å²) in [6, 6.07) is 4.18. The van der Waals surface area contributed by atoms with E-state index < -0.39 is 11.6 Å². The number of carbonyl (C=O) groups excluding carboxylic acids is 1. The van der Waals surface area contributed by atoms with Crippen LogP contribution in [0.1, 0.15) is 58.6 Å². The minimum absolute atomic E-state index is 0.0248. The lowest BCUT2D eigenvalue weighted by Crippen LogP contribution is -2.59. The molecule has 148 valence electrons. The molecule has 2 aliphatic carbocycles. The fraction of sp³-hybridized carbons (Fsp3) is 0.682. The molecular formula is C22H29F2NO2. The van der Waals surface area contributed by atoms with E-state index in [4.69, 9.17) is 4.74 Å². The van der Waals surface area contributed by atoms with Gasteiger partial charge in [-0.1, -0.05) is 33.8 Å². The highest BCUT2D eigenvalue weighted by Gasteiger charge is 2.68. The molecule has 2 saturated carbocycles. The number of rotatable bonds is 3. The first kappa shape index (κ1) is 18.9. The highest BCUT2D eigenvalue weighted by molar-refractivity contribution is 5.78. The Hall–Kier alpha value is -1.49. The highest BCUT2D eigenvalue weighted by atomic mass is 19.2. The summed E-state index contributed by atoms with van der Waals surface area (Å²) in [5.74, 6) is -0.924.